The summed E-state index contributed by atoms with van der Waals surface area (Å²) in [7, 11) is 0. The number of primary amides is 1. The Hall–Kier alpha value is -5.59. The number of benzene rings is 1. The molecule has 0 unspecified atom stereocenters. The van der Waals surface area contributed by atoms with Gasteiger partial charge in [0, 0.05) is 6.42 Å². The minimum Gasteiger partial charge on any atom is -0.481 e. The summed E-state index contributed by atoms with van der Waals surface area (Å²) in [5, 5.41) is 39.6. The quantitative estimate of drug-likeness (QED) is 0.0581. The first-order chi connectivity index (χ1) is 24.2. The van der Waals surface area contributed by atoms with Crippen molar-refractivity contribution in [2.45, 2.75) is 102 Å². The first kappa shape index (κ1) is 44.4. The molecule has 1 aromatic carbocycles. The van der Waals surface area contributed by atoms with Crippen molar-refractivity contribution in [3.8, 4) is 0 Å². The van der Waals surface area contributed by atoms with E-state index in [0.717, 1.165) is 0 Å². The van der Waals surface area contributed by atoms with E-state index < -0.39 is 115 Å². The smallest absolute Gasteiger partial charge is 0.326 e. The van der Waals surface area contributed by atoms with Gasteiger partial charge in [-0.25, -0.2) is 4.79 Å². The highest BCUT2D eigenvalue weighted by atomic mass is 16.4. The highest BCUT2D eigenvalue weighted by Crippen LogP contribution is 2.11. The lowest BCUT2D eigenvalue weighted by molar-refractivity contribution is -0.144. The topological polar surface area (TPSA) is 327 Å². The molecule has 0 saturated carbocycles. The second kappa shape index (κ2) is 21.6. The third kappa shape index (κ3) is 16.0. The Morgan fingerprint density at radius 3 is 1.60 bits per heavy atom. The molecule has 6 amide bonds. The Morgan fingerprint density at radius 1 is 0.635 bits per heavy atom. The van der Waals surface area contributed by atoms with Crippen LogP contribution in [-0.4, -0.2) is 105 Å². The molecule has 7 atom stereocenters. The van der Waals surface area contributed by atoms with Crippen LogP contribution in [0.5, 0.6) is 0 Å². The lowest BCUT2D eigenvalue weighted by Crippen LogP contribution is -2.61. The number of amides is 6. The van der Waals surface area contributed by atoms with Crippen molar-refractivity contribution in [1.82, 2.24) is 26.6 Å². The van der Waals surface area contributed by atoms with E-state index in [2.05, 4.69) is 26.6 Å². The molecule has 0 heterocycles. The van der Waals surface area contributed by atoms with Crippen LogP contribution in [0.4, 0.5) is 0 Å². The first-order valence-electron chi connectivity index (χ1n) is 16.5. The summed E-state index contributed by atoms with van der Waals surface area (Å²) in [5.41, 5.74) is 11.5. The van der Waals surface area contributed by atoms with Gasteiger partial charge in [-0.05, 0) is 23.8 Å². The Bertz CT molecular complexity index is 1460. The summed E-state index contributed by atoms with van der Waals surface area (Å²) in [5.74, 6) is -11.2. The van der Waals surface area contributed by atoms with Gasteiger partial charge < -0.3 is 53.4 Å². The number of hydrogen-bond acceptors (Lipinski definition) is 10. The van der Waals surface area contributed by atoms with Crippen LogP contribution < -0.4 is 38.1 Å². The van der Waals surface area contributed by atoms with Crippen molar-refractivity contribution < 1.29 is 58.5 Å². The highest BCUT2D eigenvalue weighted by molar-refractivity contribution is 5.98. The molecule has 0 spiro atoms. The van der Waals surface area contributed by atoms with Crippen LogP contribution in [0.25, 0.3) is 0 Å². The molecule has 1 aromatic rings. The minimum absolute atomic E-state index is 0.00514. The summed E-state index contributed by atoms with van der Waals surface area (Å²) in [6.45, 7) is 6.70. The Balaban J connectivity index is 3.40. The van der Waals surface area contributed by atoms with Gasteiger partial charge in [0.05, 0.1) is 25.3 Å². The molecule has 0 aromatic heterocycles. The van der Waals surface area contributed by atoms with E-state index in [1.165, 1.54) is 0 Å². The number of carbonyl (C=O) groups excluding carboxylic acids is 6. The average Bonchev–Trinajstić information content (AvgIpc) is 3.04. The van der Waals surface area contributed by atoms with E-state index in [4.69, 9.17) is 16.6 Å². The van der Waals surface area contributed by atoms with Gasteiger partial charge in [0.2, 0.25) is 35.4 Å². The predicted octanol–water partition coefficient (Wildman–Crippen LogP) is -2.02. The fourth-order valence-corrected chi connectivity index (χ4v) is 4.87. The third-order valence-electron chi connectivity index (χ3n) is 7.81. The van der Waals surface area contributed by atoms with Gasteiger partial charge in [0.15, 0.2) is 0 Å². The standard InChI is InChI=1S/C33H49N7O12/c1-5-17(4)27(40-28(46)19(34)13-25(42)43)32(50)38-21(14-24(35)41)30(48)36-20(12-18-9-7-6-8-10-18)29(47)37-22(15-26(44)45)31(49)39-23(33(51)52)11-16(2)3/h6-10,16-17,19-23,27H,5,11-15,34H2,1-4H3,(H2,35,41)(H,36,48)(H,37,47)(H,38,50)(H,39,49)(H,40,46)(H,42,43)(H,44,45)(H,51,52)/t17-,19-,20-,21-,22-,23-,27-/m0/s1. The van der Waals surface area contributed by atoms with Crippen molar-refractivity contribution in [2.75, 3.05) is 0 Å². The fraction of sp³-hybridized carbons (Fsp3) is 0.545. The number of aliphatic carboxylic acids is 3. The normalized spacial score (nSPS) is 15.0. The molecule has 0 bridgehead atoms. The second-order valence-electron chi connectivity index (χ2n) is 12.7. The number of carboxylic acid groups (broad SMARTS) is 3. The number of carboxylic acids is 3. The molecule has 12 N–H and O–H groups in total. The van der Waals surface area contributed by atoms with Gasteiger partial charge in [0.1, 0.15) is 30.2 Å². The maximum Gasteiger partial charge on any atom is 0.326 e. The summed E-state index contributed by atoms with van der Waals surface area (Å²) >= 11 is 0. The molecule has 1 rings (SSSR count). The lowest BCUT2D eigenvalue weighted by atomic mass is 9.97. The predicted molar refractivity (Wildman–Crippen MR) is 183 cm³/mol. The van der Waals surface area contributed by atoms with Crippen LogP contribution in [0.15, 0.2) is 30.3 Å². The van der Waals surface area contributed by atoms with Gasteiger partial charge in [-0.1, -0.05) is 64.4 Å². The number of carbonyl (C=O) groups is 9. The van der Waals surface area contributed by atoms with E-state index in [1.807, 2.05) is 0 Å². The van der Waals surface area contributed by atoms with Crippen LogP contribution >= 0.6 is 0 Å². The Labute approximate surface area is 300 Å². The summed E-state index contributed by atoms with van der Waals surface area (Å²) in [6.07, 6.45) is -2.34. The SMILES string of the molecule is CC[C@H](C)[C@H](NC(=O)[C@@H](N)CC(=O)O)C(=O)N[C@@H](CC(N)=O)C(=O)N[C@@H](Cc1ccccc1)C(=O)N[C@@H](CC(=O)O)C(=O)N[C@@H](CC(C)C)C(=O)O. The Kier molecular flexibility index (Phi) is 18.4. The number of nitrogens with two attached hydrogens (primary N) is 2. The number of nitrogens with one attached hydrogen (secondary N) is 5. The molecule has 19 nitrogen and oxygen atoms in total. The third-order valence-corrected chi connectivity index (χ3v) is 7.81. The maximum absolute atomic E-state index is 13.6. The van der Waals surface area contributed by atoms with E-state index in [0.29, 0.717) is 12.0 Å². The number of hydrogen-bond donors (Lipinski definition) is 10. The van der Waals surface area contributed by atoms with Crippen LogP contribution in [0.1, 0.15) is 65.4 Å². The van der Waals surface area contributed by atoms with E-state index in [-0.39, 0.29) is 18.8 Å². The van der Waals surface area contributed by atoms with Gasteiger partial charge in [-0.3, -0.25) is 38.4 Å². The molecule has 0 aliphatic carbocycles. The Morgan fingerprint density at radius 2 is 1.12 bits per heavy atom. The van der Waals surface area contributed by atoms with Gasteiger partial charge in [-0.15, -0.1) is 0 Å². The zero-order valence-electron chi connectivity index (χ0n) is 29.4. The van der Waals surface area contributed by atoms with Crippen LogP contribution in [0, 0.1) is 11.8 Å². The summed E-state index contributed by atoms with van der Waals surface area (Å²) in [6, 6.07) is -1.11. The molecule has 0 saturated heterocycles. The van der Waals surface area contributed by atoms with Crippen molar-refractivity contribution in [3.63, 3.8) is 0 Å². The van der Waals surface area contributed by atoms with E-state index in [1.54, 1.807) is 58.0 Å². The lowest BCUT2D eigenvalue weighted by Gasteiger charge is -2.28. The molecule has 0 aliphatic heterocycles. The minimum atomic E-state index is -1.78. The summed E-state index contributed by atoms with van der Waals surface area (Å²) in [4.78, 5) is 113. The largest absolute Gasteiger partial charge is 0.481 e. The number of rotatable bonds is 23. The van der Waals surface area contributed by atoms with E-state index >= 15 is 0 Å². The van der Waals surface area contributed by atoms with Crippen LogP contribution in [0.2, 0.25) is 0 Å². The van der Waals surface area contributed by atoms with Crippen LogP contribution in [0.3, 0.4) is 0 Å². The highest BCUT2D eigenvalue weighted by Gasteiger charge is 2.35. The monoisotopic (exact) mass is 735 g/mol. The van der Waals surface area contributed by atoms with Crippen molar-refractivity contribution in [3.05, 3.63) is 35.9 Å². The molecule has 0 radical (unpaired) electrons. The summed E-state index contributed by atoms with van der Waals surface area (Å²) < 4.78 is 0. The van der Waals surface area contributed by atoms with Gasteiger partial charge in [-0.2, -0.15) is 0 Å². The van der Waals surface area contributed by atoms with Crippen molar-refractivity contribution in [2.24, 2.45) is 23.3 Å². The molecular weight excluding hydrogens is 686 g/mol. The molecule has 0 fully saturated rings. The van der Waals surface area contributed by atoms with Crippen LogP contribution in [-0.2, 0) is 49.6 Å². The van der Waals surface area contributed by atoms with Gasteiger partial charge >= 0.3 is 17.9 Å². The maximum atomic E-state index is 13.6. The first-order valence-corrected chi connectivity index (χ1v) is 16.5. The average molecular weight is 736 g/mol. The van der Waals surface area contributed by atoms with Gasteiger partial charge in [0.25, 0.3) is 0 Å². The molecule has 52 heavy (non-hydrogen) atoms. The zero-order valence-corrected chi connectivity index (χ0v) is 29.4. The zero-order chi connectivity index (χ0) is 39.7. The molecule has 288 valence electrons. The second-order valence-corrected chi connectivity index (χ2v) is 12.7. The van der Waals surface area contributed by atoms with Crippen molar-refractivity contribution in [1.29, 1.82) is 0 Å². The molecule has 0 aliphatic rings. The molecular formula is C33H49N7O12. The van der Waals surface area contributed by atoms with Crippen molar-refractivity contribution >= 4 is 53.4 Å². The van der Waals surface area contributed by atoms with E-state index in [9.17, 15) is 53.4 Å². The fourth-order valence-electron chi connectivity index (χ4n) is 4.87. The molecule has 19 heteroatoms.